The Hall–Kier alpha value is -2.23. The minimum atomic E-state index is -0.113. The van der Waals surface area contributed by atoms with Gasteiger partial charge in [0.05, 0.1) is 6.42 Å². The summed E-state index contributed by atoms with van der Waals surface area (Å²) in [6.45, 7) is 3.45. The molecule has 0 saturated carbocycles. The zero-order valence-electron chi connectivity index (χ0n) is 10.4. The van der Waals surface area contributed by atoms with Crippen molar-refractivity contribution in [3.8, 4) is 11.4 Å². The van der Waals surface area contributed by atoms with Crippen LogP contribution in [0, 0.1) is 12.3 Å². The maximum atomic E-state index is 11.9. The summed E-state index contributed by atoms with van der Waals surface area (Å²) < 4.78 is 0. The normalized spacial score (nSPS) is 10.3. The summed E-state index contributed by atoms with van der Waals surface area (Å²) in [5.74, 6) is 0.581. The van der Waals surface area contributed by atoms with Crippen LogP contribution in [0.15, 0.2) is 30.3 Å². The number of nitrogens with one attached hydrogen (secondary N) is 2. The van der Waals surface area contributed by atoms with Crippen LogP contribution in [0.2, 0.25) is 0 Å². The number of aromatic nitrogens is 2. The van der Waals surface area contributed by atoms with Gasteiger partial charge < -0.3 is 10.4 Å². The van der Waals surface area contributed by atoms with Crippen LogP contribution in [0.4, 0.5) is 0 Å². The number of H-pyrrole nitrogens is 1. The molecule has 0 aliphatic heterocycles. The molecular weight excluding hydrogens is 226 g/mol. The highest BCUT2D eigenvalue weighted by atomic mass is 16.1. The van der Waals surface area contributed by atoms with Gasteiger partial charge in [0.15, 0.2) is 5.78 Å². The van der Waals surface area contributed by atoms with Gasteiger partial charge in [-0.25, -0.2) is 4.98 Å². The van der Waals surface area contributed by atoms with E-state index < -0.39 is 0 Å². The minimum absolute atomic E-state index is 0.113. The molecule has 2 N–H and O–H groups in total. The van der Waals surface area contributed by atoms with E-state index in [0.717, 1.165) is 11.3 Å². The van der Waals surface area contributed by atoms with Crippen LogP contribution >= 0.6 is 0 Å². The molecule has 0 aliphatic rings. The Morgan fingerprint density at radius 1 is 1.33 bits per heavy atom. The summed E-state index contributed by atoms with van der Waals surface area (Å²) in [5, 5.41) is 7.36. The number of hydrogen-bond donors (Lipinski definition) is 2. The second-order valence-electron chi connectivity index (χ2n) is 4.31. The molecule has 0 aliphatic carbocycles. The van der Waals surface area contributed by atoms with Crippen LogP contribution < -0.4 is 0 Å². The zero-order valence-corrected chi connectivity index (χ0v) is 10.4. The van der Waals surface area contributed by atoms with E-state index >= 15 is 0 Å². The molecule has 0 fully saturated rings. The minimum Gasteiger partial charge on any atom is -0.341 e. The Morgan fingerprint density at radius 2 is 2.00 bits per heavy atom. The predicted octanol–water partition coefficient (Wildman–Crippen LogP) is 3.00. The Kier molecular flexibility index (Phi) is 3.37. The maximum absolute atomic E-state index is 11.9. The Labute approximate surface area is 106 Å². The van der Waals surface area contributed by atoms with Crippen molar-refractivity contribution in [3.63, 3.8) is 0 Å². The topological polar surface area (TPSA) is 69.6 Å². The summed E-state index contributed by atoms with van der Waals surface area (Å²) >= 11 is 0. The number of imidazole rings is 1. The SMILES string of the molecule is CC(=N)CC(=O)c1nc(-c2ccccc2)[nH]c1C. The first kappa shape index (κ1) is 12.2. The molecule has 4 heteroatoms. The number of benzene rings is 1. The van der Waals surface area contributed by atoms with E-state index in [1.54, 1.807) is 6.92 Å². The summed E-state index contributed by atoms with van der Waals surface area (Å²) in [6, 6.07) is 9.67. The molecule has 1 heterocycles. The van der Waals surface area contributed by atoms with Crippen LogP contribution in [0.1, 0.15) is 29.5 Å². The summed E-state index contributed by atoms with van der Waals surface area (Å²) in [6.07, 6.45) is 0.125. The molecule has 0 amide bonds. The van der Waals surface area contributed by atoms with Gasteiger partial charge in [-0.3, -0.25) is 4.79 Å². The highest BCUT2D eigenvalue weighted by Gasteiger charge is 2.15. The smallest absolute Gasteiger partial charge is 0.188 e. The number of aromatic amines is 1. The van der Waals surface area contributed by atoms with Crippen molar-refractivity contribution < 1.29 is 4.79 Å². The first-order valence-electron chi connectivity index (χ1n) is 5.77. The van der Waals surface area contributed by atoms with Crippen molar-refractivity contribution >= 4 is 11.5 Å². The standard InChI is InChI=1S/C14H15N3O/c1-9(15)8-12(18)13-10(2)16-14(17-13)11-6-4-3-5-7-11/h3-7,15H,8H2,1-2H3,(H,16,17). The molecule has 1 aromatic carbocycles. The van der Waals surface area contributed by atoms with Crippen molar-refractivity contribution in [1.82, 2.24) is 9.97 Å². The van der Waals surface area contributed by atoms with Crippen molar-refractivity contribution in [3.05, 3.63) is 41.7 Å². The molecule has 4 nitrogen and oxygen atoms in total. The Balaban J connectivity index is 2.33. The zero-order chi connectivity index (χ0) is 13.1. The quantitative estimate of drug-likeness (QED) is 0.638. The summed E-state index contributed by atoms with van der Waals surface area (Å²) in [4.78, 5) is 19.3. The molecule has 18 heavy (non-hydrogen) atoms. The van der Waals surface area contributed by atoms with Gasteiger partial charge in [-0.15, -0.1) is 0 Å². The monoisotopic (exact) mass is 241 g/mol. The number of Topliss-reactive ketones (excluding diaryl/α,β-unsaturated/α-hetero) is 1. The van der Waals surface area contributed by atoms with Crippen LogP contribution in [-0.4, -0.2) is 21.5 Å². The van der Waals surface area contributed by atoms with Crippen LogP contribution in [0.5, 0.6) is 0 Å². The molecule has 92 valence electrons. The molecule has 0 atom stereocenters. The molecular formula is C14H15N3O. The number of ketones is 1. The number of nitrogens with zero attached hydrogens (tertiary/aromatic N) is 1. The molecule has 0 radical (unpaired) electrons. The van der Waals surface area contributed by atoms with Gasteiger partial charge in [-0.1, -0.05) is 30.3 Å². The van der Waals surface area contributed by atoms with Gasteiger partial charge in [0.25, 0.3) is 0 Å². The first-order valence-corrected chi connectivity index (χ1v) is 5.77. The second kappa shape index (κ2) is 4.96. The Bertz CT molecular complexity index is 584. The fraction of sp³-hybridized carbons (Fsp3) is 0.214. The van der Waals surface area contributed by atoms with E-state index in [0.29, 0.717) is 17.2 Å². The van der Waals surface area contributed by atoms with Gasteiger partial charge in [-0.2, -0.15) is 0 Å². The molecule has 1 aromatic heterocycles. The van der Waals surface area contributed by atoms with E-state index in [9.17, 15) is 4.79 Å². The Morgan fingerprint density at radius 3 is 2.61 bits per heavy atom. The van der Waals surface area contributed by atoms with Crippen LogP contribution in [0.25, 0.3) is 11.4 Å². The number of hydrogen-bond acceptors (Lipinski definition) is 3. The molecule has 0 unspecified atom stereocenters. The predicted molar refractivity (Wildman–Crippen MR) is 71.1 cm³/mol. The lowest BCUT2D eigenvalue weighted by Crippen LogP contribution is -2.06. The first-order chi connectivity index (χ1) is 8.58. The molecule has 2 rings (SSSR count). The van der Waals surface area contributed by atoms with Gasteiger partial charge >= 0.3 is 0 Å². The molecule has 0 spiro atoms. The largest absolute Gasteiger partial charge is 0.341 e. The fourth-order valence-corrected chi connectivity index (χ4v) is 1.79. The maximum Gasteiger partial charge on any atom is 0.188 e. The summed E-state index contributed by atoms with van der Waals surface area (Å²) in [7, 11) is 0. The van der Waals surface area contributed by atoms with E-state index in [-0.39, 0.29) is 12.2 Å². The van der Waals surface area contributed by atoms with Crippen molar-refractivity contribution in [2.75, 3.05) is 0 Å². The number of carbonyl (C=O) groups excluding carboxylic acids is 1. The lowest BCUT2D eigenvalue weighted by atomic mass is 10.1. The molecule has 0 bridgehead atoms. The van der Waals surface area contributed by atoms with Crippen molar-refractivity contribution in [2.45, 2.75) is 20.3 Å². The lowest BCUT2D eigenvalue weighted by Gasteiger charge is -1.96. The second-order valence-corrected chi connectivity index (χ2v) is 4.31. The highest BCUT2D eigenvalue weighted by molar-refractivity contribution is 6.07. The van der Waals surface area contributed by atoms with E-state index in [4.69, 9.17) is 5.41 Å². The van der Waals surface area contributed by atoms with Gasteiger partial charge in [0.2, 0.25) is 0 Å². The van der Waals surface area contributed by atoms with E-state index in [1.165, 1.54) is 0 Å². The van der Waals surface area contributed by atoms with Crippen molar-refractivity contribution in [2.24, 2.45) is 0 Å². The van der Waals surface area contributed by atoms with Gasteiger partial charge in [0.1, 0.15) is 11.5 Å². The third-order valence-corrected chi connectivity index (χ3v) is 2.62. The van der Waals surface area contributed by atoms with Gasteiger partial charge in [0, 0.05) is 17.0 Å². The average Bonchev–Trinajstić information content (AvgIpc) is 2.72. The van der Waals surface area contributed by atoms with Gasteiger partial charge in [-0.05, 0) is 13.8 Å². The number of carbonyl (C=O) groups is 1. The van der Waals surface area contributed by atoms with E-state index in [2.05, 4.69) is 9.97 Å². The molecule has 0 saturated heterocycles. The van der Waals surface area contributed by atoms with Crippen molar-refractivity contribution in [1.29, 1.82) is 5.41 Å². The highest BCUT2D eigenvalue weighted by Crippen LogP contribution is 2.18. The van der Waals surface area contributed by atoms with Crippen LogP contribution in [-0.2, 0) is 0 Å². The third kappa shape index (κ3) is 2.53. The average molecular weight is 241 g/mol. The number of rotatable bonds is 4. The van der Waals surface area contributed by atoms with E-state index in [1.807, 2.05) is 37.3 Å². The third-order valence-electron chi connectivity index (χ3n) is 2.62. The summed E-state index contributed by atoms with van der Waals surface area (Å²) in [5.41, 5.74) is 2.48. The lowest BCUT2D eigenvalue weighted by molar-refractivity contribution is 0.0995. The van der Waals surface area contributed by atoms with Crippen LogP contribution in [0.3, 0.4) is 0 Å². The molecule has 2 aromatic rings. The fourth-order valence-electron chi connectivity index (χ4n) is 1.79. The number of aryl methyl sites for hydroxylation is 1.